The topological polar surface area (TPSA) is 41.1 Å². The van der Waals surface area contributed by atoms with Gasteiger partial charge in [-0.25, -0.2) is 0 Å². The fourth-order valence-corrected chi connectivity index (χ4v) is 1.75. The molecule has 0 saturated carbocycles. The summed E-state index contributed by atoms with van der Waals surface area (Å²) in [7, 11) is 0. The van der Waals surface area contributed by atoms with Crippen molar-refractivity contribution in [3.8, 4) is 0 Å². The molecule has 0 radical (unpaired) electrons. The van der Waals surface area contributed by atoms with E-state index >= 15 is 0 Å². The number of amides is 1. The van der Waals surface area contributed by atoms with E-state index in [1.54, 1.807) is 6.08 Å². The summed E-state index contributed by atoms with van der Waals surface area (Å²) in [6.45, 7) is 6.56. The Morgan fingerprint density at radius 3 is 2.88 bits per heavy atom. The maximum Gasteiger partial charge on any atom is 0.237 e. The average Bonchev–Trinajstić information content (AvgIpc) is 2.34. The highest BCUT2D eigenvalue weighted by atomic mass is 79.9. The zero-order valence-electron chi connectivity index (χ0n) is 9.87. The van der Waals surface area contributed by atoms with Gasteiger partial charge in [0.15, 0.2) is 0 Å². The number of carbonyl (C=O) groups is 1. The lowest BCUT2D eigenvalue weighted by atomic mass is 10.2. The summed E-state index contributed by atoms with van der Waals surface area (Å²) in [5.41, 5.74) is 1.14. The van der Waals surface area contributed by atoms with Crippen LogP contribution in [0.25, 0.3) is 0 Å². The van der Waals surface area contributed by atoms with E-state index in [1.165, 1.54) is 0 Å². The van der Waals surface area contributed by atoms with Gasteiger partial charge >= 0.3 is 0 Å². The van der Waals surface area contributed by atoms with Crippen molar-refractivity contribution in [1.82, 2.24) is 10.6 Å². The number of hydrogen-bond donors (Lipinski definition) is 2. The highest BCUT2D eigenvalue weighted by Crippen LogP contribution is 2.15. The van der Waals surface area contributed by atoms with Crippen molar-refractivity contribution >= 4 is 21.8 Å². The summed E-state index contributed by atoms with van der Waals surface area (Å²) in [4.78, 5) is 11.6. The van der Waals surface area contributed by atoms with Crippen LogP contribution in [-0.2, 0) is 11.3 Å². The molecule has 1 amide bonds. The molecule has 92 valence electrons. The van der Waals surface area contributed by atoms with E-state index in [-0.39, 0.29) is 11.9 Å². The molecule has 17 heavy (non-hydrogen) atoms. The van der Waals surface area contributed by atoms with Crippen molar-refractivity contribution < 1.29 is 4.79 Å². The maximum atomic E-state index is 11.6. The van der Waals surface area contributed by atoms with E-state index in [0.717, 1.165) is 10.0 Å². The Balaban J connectivity index is 2.42. The summed E-state index contributed by atoms with van der Waals surface area (Å²) in [6, 6.07) is 7.73. The Labute approximate surface area is 110 Å². The number of rotatable bonds is 6. The van der Waals surface area contributed by atoms with Crippen LogP contribution in [-0.4, -0.2) is 18.5 Å². The van der Waals surface area contributed by atoms with E-state index in [2.05, 4.69) is 33.1 Å². The predicted octanol–water partition coefficient (Wildman–Crippen LogP) is 2.23. The highest BCUT2D eigenvalue weighted by molar-refractivity contribution is 9.10. The molecule has 0 aromatic heterocycles. The smallest absolute Gasteiger partial charge is 0.237 e. The molecule has 0 spiro atoms. The molecule has 0 bridgehead atoms. The summed E-state index contributed by atoms with van der Waals surface area (Å²) in [5, 5.41) is 5.92. The summed E-state index contributed by atoms with van der Waals surface area (Å²) in [5.74, 6) is -0.0167. The van der Waals surface area contributed by atoms with Gasteiger partial charge in [0.25, 0.3) is 0 Å². The lowest BCUT2D eigenvalue weighted by Crippen LogP contribution is -2.41. The molecule has 2 N–H and O–H groups in total. The van der Waals surface area contributed by atoms with Crippen molar-refractivity contribution in [1.29, 1.82) is 0 Å². The third-order valence-corrected chi connectivity index (χ3v) is 3.14. The van der Waals surface area contributed by atoms with Crippen LogP contribution in [0.15, 0.2) is 41.4 Å². The van der Waals surface area contributed by atoms with Crippen LogP contribution in [0.4, 0.5) is 0 Å². The van der Waals surface area contributed by atoms with Crippen molar-refractivity contribution in [3.05, 3.63) is 47.0 Å². The number of benzene rings is 1. The minimum absolute atomic E-state index is 0.0167. The predicted molar refractivity (Wildman–Crippen MR) is 73.7 cm³/mol. The van der Waals surface area contributed by atoms with Gasteiger partial charge in [-0.05, 0) is 18.6 Å². The van der Waals surface area contributed by atoms with Gasteiger partial charge in [0, 0.05) is 17.6 Å². The van der Waals surface area contributed by atoms with E-state index in [4.69, 9.17) is 0 Å². The molecule has 1 rings (SSSR count). The molecule has 0 fully saturated rings. The van der Waals surface area contributed by atoms with Crippen LogP contribution in [0, 0.1) is 0 Å². The first kappa shape index (κ1) is 13.9. The van der Waals surface area contributed by atoms with Gasteiger partial charge in [-0.1, -0.05) is 40.2 Å². The second kappa shape index (κ2) is 7.25. The first-order chi connectivity index (χ1) is 8.15. The first-order valence-electron chi connectivity index (χ1n) is 5.50. The van der Waals surface area contributed by atoms with Gasteiger partial charge in [0.1, 0.15) is 0 Å². The molecule has 4 heteroatoms. The summed E-state index contributed by atoms with van der Waals surface area (Å²) < 4.78 is 1.05. The zero-order valence-corrected chi connectivity index (χ0v) is 11.5. The van der Waals surface area contributed by atoms with Gasteiger partial charge in [0.05, 0.1) is 6.04 Å². The fourth-order valence-electron chi connectivity index (χ4n) is 1.32. The molecular formula is C13H17BrN2O. The van der Waals surface area contributed by atoms with Crippen LogP contribution in [0.1, 0.15) is 12.5 Å². The Bertz CT molecular complexity index is 393. The summed E-state index contributed by atoms with van der Waals surface area (Å²) >= 11 is 3.47. The molecular weight excluding hydrogens is 280 g/mol. The van der Waals surface area contributed by atoms with E-state index in [1.807, 2.05) is 31.2 Å². The van der Waals surface area contributed by atoms with Gasteiger partial charge < -0.3 is 10.6 Å². The summed E-state index contributed by atoms with van der Waals surface area (Å²) in [6.07, 6.45) is 1.67. The van der Waals surface area contributed by atoms with Gasteiger partial charge in [0.2, 0.25) is 5.91 Å². The Kier molecular flexibility index (Phi) is 5.94. The fraction of sp³-hybridized carbons (Fsp3) is 0.308. The van der Waals surface area contributed by atoms with Crippen LogP contribution in [0.5, 0.6) is 0 Å². The largest absolute Gasteiger partial charge is 0.351 e. The van der Waals surface area contributed by atoms with Crippen LogP contribution >= 0.6 is 15.9 Å². The normalized spacial score (nSPS) is 11.9. The van der Waals surface area contributed by atoms with Gasteiger partial charge in [-0.3, -0.25) is 4.79 Å². The van der Waals surface area contributed by atoms with E-state index in [9.17, 15) is 4.79 Å². The third-order valence-electron chi connectivity index (χ3n) is 2.37. The third kappa shape index (κ3) is 4.71. The molecule has 1 aromatic rings. The first-order valence-corrected chi connectivity index (χ1v) is 6.30. The molecule has 0 aliphatic rings. The van der Waals surface area contributed by atoms with Crippen molar-refractivity contribution in [2.24, 2.45) is 0 Å². The second-order valence-electron chi connectivity index (χ2n) is 3.73. The lowest BCUT2D eigenvalue weighted by molar-refractivity contribution is -0.122. The van der Waals surface area contributed by atoms with E-state index in [0.29, 0.717) is 13.1 Å². The quantitative estimate of drug-likeness (QED) is 0.791. The van der Waals surface area contributed by atoms with E-state index < -0.39 is 0 Å². The maximum absolute atomic E-state index is 11.6. The number of carbonyl (C=O) groups excluding carboxylic acids is 1. The average molecular weight is 297 g/mol. The molecule has 1 atom stereocenters. The lowest BCUT2D eigenvalue weighted by Gasteiger charge is -2.13. The number of halogens is 1. The molecule has 0 aliphatic heterocycles. The molecule has 3 nitrogen and oxygen atoms in total. The highest BCUT2D eigenvalue weighted by Gasteiger charge is 2.11. The zero-order chi connectivity index (χ0) is 12.7. The Morgan fingerprint density at radius 2 is 2.24 bits per heavy atom. The monoisotopic (exact) mass is 296 g/mol. The SMILES string of the molecule is C=CCNC(=O)C(C)NCc1ccccc1Br. The second-order valence-corrected chi connectivity index (χ2v) is 4.58. The van der Waals surface area contributed by atoms with Crippen molar-refractivity contribution in [2.45, 2.75) is 19.5 Å². The number of nitrogens with one attached hydrogen (secondary N) is 2. The van der Waals surface area contributed by atoms with Crippen molar-refractivity contribution in [2.75, 3.05) is 6.54 Å². The minimum Gasteiger partial charge on any atom is -0.351 e. The number of hydrogen-bond acceptors (Lipinski definition) is 2. The van der Waals surface area contributed by atoms with Crippen LogP contribution in [0.2, 0.25) is 0 Å². The Morgan fingerprint density at radius 1 is 1.53 bits per heavy atom. The molecule has 1 unspecified atom stereocenters. The van der Waals surface area contributed by atoms with Crippen LogP contribution in [0.3, 0.4) is 0 Å². The molecule has 1 aromatic carbocycles. The van der Waals surface area contributed by atoms with Gasteiger partial charge in [-0.15, -0.1) is 6.58 Å². The van der Waals surface area contributed by atoms with Crippen LogP contribution < -0.4 is 10.6 Å². The molecule has 0 aliphatic carbocycles. The minimum atomic E-state index is -0.220. The van der Waals surface area contributed by atoms with Gasteiger partial charge in [-0.2, -0.15) is 0 Å². The van der Waals surface area contributed by atoms with Crippen molar-refractivity contribution in [3.63, 3.8) is 0 Å². The molecule has 0 heterocycles. The molecule has 0 saturated heterocycles. The Hall–Kier alpha value is -1.13. The standard InChI is InChI=1S/C13H17BrN2O/c1-3-8-15-13(17)10(2)16-9-11-6-4-5-7-12(11)14/h3-7,10,16H,1,8-9H2,2H3,(H,15,17).